The van der Waals surface area contributed by atoms with Crippen LogP contribution in [0.3, 0.4) is 0 Å². The average Bonchev–Trinajstić information content (AvgIpc) is 3.41. The number of aromatic nitrogens is 5. The van der Waals surface area contributed by atoms with Gasteiger partial charge in [0.1, 0.15) is 11.6 Å². The van der Waals surface area contributed by atoms with E-state index in [-0.39, 0.29) is 0 Å². The Morgan fingerprint density at radius 1 is 1.07 bits per heavy atom. The Morgan fingerprint density at radius 2 is 1.90 bits per heavy atom. The molecule has 2 fully saturated rings. The second kappa shape index (κ2) is 8.06. The number of anilines is 1. The van der Waals surface area contributed by atoms with Gasteiger partial charge in [-0.05, 0) is 37.3 Å². The summed E-state index contributed by atoms with van der Waals surface area (Å²) in [5.41, 5.74) is 2.23. The molecule has 1 aliphatic carbocycles. The van der Waals surface area contributed by atoms with Crippen molar-refractivity contribution >= 4 is 16.9 Å². The van der Waals surface area contributed by atoms with E-state index in [4.69, 9.17) is 9.97 Å². The van der Waals surface area contributed by atoms with Gasteiger partial charge >= 0.3 is 0 Å². The first-order valence-electron chi connectivity index (χ1n) is 10.8. The number of pyridine rings is 1. The molecule has 29 heavy (non-hydrogen) atoms. The van der Waals surface area contributed by atoms with Gasteiger partial charge in [-0.1, -0.05) is 18.9 Å². The van der Waals surface area contributed by atoms with E-state index in [1.165, 1.54) is 31.2 Å². The predicted octanol–water partition coefficient (Wildman–Crippen LogP) is 3.49. The Kier molecular flexibility index (Phi) is 5.14. The highest BCUT2D eigenvalue weighted by Gasteiger charge is 2.25. The zero-order valence-electron chi connectivity index (χ0n) is 17.1. The first-order valence-corrected chi connectivity index (χ1v) is 10.8. The molecule has 7 nitrogen and oxygen atoms in total. The lowest BCUT2D eigenvalue weighted by Gasteiger charge is -2.32. The van der Waals surface area contributed by atoms with Crippen molar-refractivity contribution in [1.82, 2.24) is 29.6 Å². The molecule has 0 unspecified atom stereocenters. The molecule has 7 heteroatoms. The Balaban J connectivity index is 1.29. The number of rotatable bonds is 5. The highest BCUT2D eigenvalue weighted by Crippen LogP contribution is 2.34. The second-order valence-corrected chi connectivity index (χ2v) is 8.47. The van der Waals surface area contributed by atoms with Gasteiger partial charge in [0.2, 0.25) is 0 Å². The zero-order chi connectivity index (χ0) is 19.6. The first-order chi connectivity index (χ1) is 14.3. The van der Waals surface area contributed by atoms with E-state index in [0.29, 0.717) is 12.0 Å². The van der Waals surface area contributed by atoms with Crippen LogP contribution in [0.25, 0.3) is 11.0 Å². The number of likely N-dealkylation sites (tertiary alicyclic amines) is 1. The number of fused-ring (bicyclic) bond motifs is 1. The van der Waals surface area contributed by atoms with Crippen LogP contribution in [0, 0.1) is 0 Å². The normalized spacial score (nSPS) is 19.2. The van der Waals surface area contributed by atoms with Crippen LogP contribution in [0.4, 0.5) is 5.82 Å². The van der Waals surface area contributed by atoms with E-state index in [1.54, 1.807) is 0 Å². The Morgan fingerprint density at radius 3 is 2.66 bits per heavy atom. The van der Waals surface area contributed by atoms with E-state index in [0.717, 1.165) is 55.2 Å². The summed E-state index contributed by atoms with van der Waals surface area (Å²) < 4.78 is 1.87. The van der Waals surface area contributed by atoms with Crippen molar-refractivity contribution in [2.45, 2.75) is 57.0 Å². The van der Waals surface area contributed by atoms with Crippen molar-refractivity contribution in [3.63, 3.8) is 0 Å². The molecule has 5 rings (SSSR count). The number of piperidine rings is 1. The lowest BCUT2D eigenvalue weighted by atomic mass is 10.0. The molecule has 0 bridgehead atoms. The molecule has 0 spiro atoms. The summed E-state index contributed by atoms with van der Waals surface area (Å²) in [5.74, 6) is 2.46. The van der Waals surface area contributed by atoms with Crippen molar-refractivity contribution < 1.29 is 0 Å². The van der Waals surface area contributed by atoms with E-state index in [2.05, 4.69) is 26.4 Å². The molecule has 0 amide bonds. The molecule has 152 valence electrons. The van der Waals surface area contributed by atoms with E-state index < -0.39 is 0 Å². The summed E-state index contributed by atoms with van der Waals surface area (Å²) in [6, 6.07) is 4.61. The second-order valence-electron chi connectivity index (χ2n) is 8.47. The van der Waals surface area contributed by atoms with Crippen molar-refractivity contribution in [3.8, 4) is 0 Å². The Hall–Kier alpha value is -2.54. The summed E-state index contributed by atoms with van der Waals surface area (Å²) >= 11 is 0. The van der Waals surface area contributed by atoms with Gasteiger partial charge < -0.3 is 5.32 Å². The van der Waals surface area contributed by atoms with Crippen LogP contribution < -0.4 is 5.32 Å². The standard InChI is InChI=1S/C22H29N7/c1-28-22-19(14-24-28)21(26-20(27-22)17-6-2-3-7-17)25-18-8-11-29(12-9-18)15-16-5-4-10-23-13-16/h4-5,10,13-14,17-18H,2-3,6-9,11-12,15H2,1H3,(H,25,26,27). The molecular formula is C22H29N7. The number of hydrogen-bond acceptors (Lipinski definition) is 6. The molecule has 1 N–H and O–H groups in total. The Bertz CT molecular complexity index is 954. The van der Waals surface area contributed by atoms with Gasteiger partial charge in [0.25, 0.3) is 0 Å². The zero-order valence-corrected chi connectivity index (χ0v) is 17.1. The molecule has 0 radical (unpaired) electrons. The van der Waals surface area contributed by atoms with E-state index in [9.17, 15) is 0 Å². The van der Waals surface area contributed by atoms with Gasteiger partial charge in [-0.3, -0.25) is 14.6 Å². The van der Waals surface area contributed by atoms with Crippen LogP contribution in [0.5, 0.6) is 0 Å². The lowest BCUT2D eigenvalue weighted by molar-refractivity contribution is 0.211. The number of aryl methyl sites for hydroxylation is 1. The SMILES string of the molecule is Cn1ncc2c(NC3CCN(Cc4cccnc4)CC3)nc(C3CCCC3)nc21. The highest BCUT2D eigenvalue weighted by molar-refractivity contribution is 5.86. The van der Waals surface area contributed by atoms with E-state index in [1.807, 2.05) is 36.4 Å². The molecule has 4 heterocycles. The summed E-state index contributed by atoms with van der Waals surface area (Å²) in [6.45, 7) is 3.15. The minimum absolute atomic E-state index is 0.440. The fourth-order valence-corrected chi connectivity index (χ4v) is 4.69. The van der Waals surface area contributed by atoms with Crippen LogP contribution >= 0.6 is 0 Å². The number of nitrogens with zero attached hydrogens (tertiary/aromatic N) is 6. The molecule has 3 aromatic heterocycles. The van der Waals surface area contributed by atoms with Crippen LogP contribution in [-0.2, 0) is 13.6 Å². The minimum Gasteiger partial charge on any atom is -0.367 e. The summed E-state index contributed by atoms with van der Waals surface area (Å²) in [7, 11) is 1.97. The monoisotopic (exact) mass is 391 g/mol. The third kappa shape index (κ3) is 3.96. The van der Waals surface area contributed by atoms with Crippen LogP contribution in [-0.4, -0.2) is 48.8 Å². The van der Waals surface area contributed by atoms with Crippen LogP contribution in [0.15, 0.2) is 30.7 Å². The van der Waals surface area contributed by atoms with Crippen LogP contribution in [0.1, 0.15) is 55.8 Å². The maximum Gasteiger partial charge on any atom is 0.163 e. The van der Waals surface area contributed by atoms with Gasteiger partial charge in [0, 0.05) is 51.0 Å². The molecule has 0 atom stereocenters. The van der Waals surface area contributed by atoms with Gasteiger partial charge in [-0.2, -0.15) is 5.10 Å². The molecule has 1 saturated carbocycles. The summed E-state index contributed by atoms with van der Waals surface area (Å²) in [6.07, 6.45) is 12.9. The van der Waals surface area contributed by atoms with Crippen molar-refractivity contribution in [3.05, 3.63) is 42.1 Å². The predicted molar refractivity (Wildman–Crippen MR) is 114 cm³/mol. The average molecular weight is 392 g/mol. The third-order valence-corrected chi connectivity index (χ3v) is 6.39. The molecule has 1 saturated heterocycles. The van der Waals surface area contributed by atoms with Gasteiger partial charge in [-0.25, -0.2) is 9.97 Å². The Labute approximate surface area is 171 Å². The molecular weight excluding hydrogens is 362 g/mol. The maximum atomic E-state index is 4.98. The van der Waals surface area contributed by atoms with E-state index >= 15 is 0 Å². The first kappa shape index (κ1) is 18.5. The molecule has 3 aromatic rings. The van der Waals surface area contributed by atoms with Crippen molar-refractivity contribution in [2.75, 3.05) is 18.4 Å². The smallest absolute Gasteiger partial charge is 0.163 e. The fraction of sp³-hybridized carbons (Fsp3) is 0.545. The van der Waals surface area contributed by atoms with Crippen molar-refractivity contribution in [2.24, 2.45) is 7.05 Å². The fourth-order valence-electron chi connectivity index (χ4n) is 4.69. The van der Waals surface area contributed by atoms with Gasteiger partial charge in [-0.15, -0.1) is 0 Å². The highest BCUT2D eigenvalue weighted by atomic mass is 15.3. The summed E-state index contributed by atoms with van der Waals surface area (Å²) in [5, 5.41) is 9.21. The minimum atomic E-state index is 0.440. The van der Waals surface area contributed by atoms with Crippen molar-refractivity contribution in [1.29, 1.82) is 0 Å². The van der Waals surface area contributed by atoms with Gasteiger partial charge in [0.05, 0.1) is 11.6 Å². The largest absolute Gasteiger partial charge is 0.367 e. The quantitative estimate of drug-likeness (QED) is 0.718. The molecule has 1 aliphatic heterocycles. The summed E-state index contributed by atoms with van der Waals surface area (Å²) in [4.78, 5) is 16.6. The maximum absolute atomic E-state index is 4.98. The third-order valence-electron chi connectivity index (χ3n) is 6.39. The number of hydrogen-bond donors (Lipinski definition) is 1. The van der Waals surface area contributed by atoms with Gasteiger partial charge in [0.15, 0.2) is 5.65 Å². The lowest BCUT2D eigenvalue weighted by Crippen LogP contribution is -2.38. The number of nitrogens with one attached hydrogen (secondary N) is 1. The molecule has 2 aliphatic rings. The topological polar surface area (TPSA) is 71.8 Å². The molecule has 0 aromatic carbocycles. The van der Waals surface area contributed by atoms with Crippen LogP contribution in [0.2, 0.25) is 0 Å².